The van der Waals surface area contributed by atoms with Crippen LogP contribution in [0, 0.1) is 5.92 Å². The van der Waals surface area contributed by atoms with E-state index in [0.717, 1.165) is 12.5 Å². The van der Waals surface area contributed by atoms with Crippen LogP contribution in [0.3, 0.4) is 0 Å². The molecule has 0 aromatic rings. The Labute approximate surface area is 127 Å². The highest BCUT2D eigenvalue weighted by Gasteiger charge is 2.40. The lowest BCUT2D eigenvalue weighted by Crippen LogP contribution is -2.59. The van der Waals surface area contributed by atoms with Crippen molar-refractivity contribution in [3.8, 4) is 0 Å². The molecule has 2 nitrogen and oxygen atoms in total. The maximum absolute atomic E-state index is 3.86. The Morgan fingerprint density at radius 2 is 1.50 bits per heavy atom. The molecule has 0 saturated heterocycles. The van der Waals surface area contributed by atoms with E-state index in [1.165, 1.54) is 57.8 Å². The van der Waals surface area contributed by atoms with Crippen LogP contribution in [0.15, 0.2) is 0 Å². The van der Waals surface area contributed by atoms with Gasteiger partial charge in [-0.15, -0.1) is 0 Å². The van der Waals surface area contributed by atoms with Gasteiger partial charge in [-0.05, 0) is 45.8 Å². The third kappa shape index (κ3) is 4.46. The standard InChI is InChI=1S/C18H38N2/c1-6-16(7-2)15-17(19-8-3)18(20(4)5)13-11-9-10-12-14-18/h16-17,19H,6-15H2,1-5H3. The van der Waals surface area contributed by atoms with Gasteiger partial charge in [-0.3, -0.25) is 0 Å². The molecule has 120 valence electrons. The van der Waals surface area contributed by atoms with Gasteiger partial charge >= 0.3 is 0 Å². The minimum atomic E-state index is 0.384. The zero-order valence-electron chi connectivity index (χ0n) is 14.7. The smallest absolute Gasteiger partial charge is 0.0356 e. The Balaban J connectivity index is 2.91. The molecule has 1 rings (SSSR count). The minimum Gasteiger partial charge on any atom is -0.312 e. The van der Waals surface area contributed by atoms with Crippen molar-refractivity contribution in [2.75, 3.05) is 20.6 Å². The Kier molecular flexibility index (Phi) is 8.13. The zero-order chi connectivity index (χ0) is 15.0. The van der Waals surface area contributed by atoms with E-state index in [0.29, 0.717) is 11.6 Å². The quantitative estimate of drug-likeness (QED) is 0.662. The van der Waals surface area contributed by atoms with Crippen LogP contribution in [0.1, 0.15) is 78.6 Å². The first kappa shape index (κ1) is 18.0. The Morgan fingerprint density at radius 3 is 1.90 bits per heavy atom. The maximum atomic E-state index is 3.86. The third-order valence-electron chi connectivity index (χ3n) is 5.68. The molecule has 0 aliphatic heterocycles. The summed E-state index contributed by atoms with van der Waals surface area (Å²) in [5.41, 5.74) is 0.384. The Hall–Kier alpha value is -0.0800. The molecule has 0 aromatic heterocycles. The third-order valence-corrected chi connectivity index (χ3v) is 5.68. The molecule has 0 aromatic carbocycles. The van der Waals surface area contributed by atoms with Crippen LogP contribution in [0.5, 0.6) is 0 Å². The molecule has 1 aliphatic carbocycles. The average Bonchev–Trinajstić information content (AvgIpc) is 2.70. The summed E-state index contributed by atoms with van der Waals surface area (Å²) in [7, 11) is 4.62. The summed E-state index contributed by atoms with van der Waals surface area (Å²) >= 11 is 0. The van der Waals surface area contributed by atoms with E-state index in [1.54, 1.807) is 0 Å². The lowest BCUT2D eigenvalue weighted by molar-refractivity contribution is 0.0682. The second-order valence-corrected chi connectivity index (χ2v) is 6.94. The normalized spacial score (nSPS) is 21.1. The van der Waals surface area contributed by atoms with Gasteiger partial charge in [-0.1, -0.05) is 59.3 Å². The number of nitrogens with one attached hydrogen (secondary N) is 1. The van der Waals surface area contributed by atoms with Gasteiger partial charge in [0.2, 0.25) is 0 Å². The lowest BCUT2D eigenvalue weighted by atomic mass is 9.76. The highest BCUT2D eigenvalue weighted by molar-refractivity contribution is 5.00. The molecule has 0 bridgehead atoms. The zero-order valence-corrected chi connectivity index (χ0v) is 14.7. The van der Waals surface area contributed by atoms with Crippen LogP contribution in [0.25, 0.3) is 0 Å². The van der Waals surface area contributed by atoms with E-state index in [1.807, 2.05) is 0 Å². The van der Waals surface area contributed by atoms with E-state index in [4.69, 9.17) is 0 Å². The molecule has 1 N–H and O–H groups in total. The van der Waals surface area contributed by atoms with Gasteiger partial charge in [0.25, 0.3) is 0 Å². The van der Waals surface area contributed by atoms with Crippen LogP contribution >= 0.6 is 0 Å². The highest BCUT2D eigenvalue weighted by atomic mass is 15.2. The van der Waals surface area contributed by atoms with Gasteiger partial charge in [0.05, 0.1) is 0 Å². The fourth-order valence-corrected chi connectivity index (χ4v) is 4.14. The molecule has 0 heterocycles. The number of likely N-dealkylation sites (N-methyl/N-ethyl adjacent to an activating group) is 2. The van der Waals surface area contributed by atoms with Crippen molar-refractivity contribution in [1.29, 1.82) is 0 Å². The summed E-state index contributed by atoms with van der Waals surface area (Å²) in [4.78, 5) is 2.55. The summed E-state index contributed by atoms with van der Waals surface area (Å²) in [5, 5.41) is 3.86. The van der Waals surface area contributed by atoms with Crippen molar-refractivity contribution >= 4 is 0 Å². The van der Waals surface area contributed by atoms with Crippen LogP contribution in [0.4, 0.5) is 0 Å². The number of hydrogen-bond donors (Lipinski definition) is 1. The summed E-state index contributed by atoms with van der Waals surface area (Å²) in [5.74, 6) is 0.874. The second-order valence-electron chi connectivity index (χ2n) is 6.94. The van der Waals surface area contributed by atoms with E-state index in [-0.39, 0.29) is 0 Å². The topological polar surface area (TPSA) is 15.3 Å². The van der Waals surface area contributed by atoms with E-state index in [2.05, 4.69) is 45.1 Å². The molecule has 1 fully saturated rings. The Morgan fingerprint density at radius 1 is 0.950 bits per heavy atom. The fourth-order valence-electron chi connectivity index (χ4n) is 4.14. The molecular weight excluding hydrogens is 244 g/mol. The molecule has 2 heteroatoms. The van der Waals surface area contributed by atoms with Crippen LogP contribution in [-0.4, -0.2) is 37.1 Å². The molecule has 1 saturated carbocycles. The van der Waals surface area contributed by atoms with Gasteiger partial charge in [0, 0.05) is 11.6 Å². The van der Waals surface area contributed by atoms with E-state index < -0.39 is 0 Å². The predicted octanol–water partition coefficient (Wildman–Crippen LogP) is 4.45. The van der Waals surface area contributed by atoms with Crippen molar-refractivity contribution in [3.05, 3.63) is 0 Å². The van der Waals surface area contributed by atoms with Crippen LogP contribution < -0.4 is 5.32 Å². The first-order valence-corrected chi connectivity index (χ1v) is 9.01. The minimum absolute atomic E-state index is 0.384. The van der Waals surface area contributed by atoms with Crippen molar-refractivity contribution in [1.82, 2.24) is 10.2 Å². The summed E-state index contributed by atoms with van der Waals surface area (Å²) in [6.45, 7) is 8.07. The average molecular weight is 283 g/mol. The molecule has 0 spiro atoms. The van der Waals surface area contributed by atoms with Gasteiger partial charge in [0.1, 0.15) is 0 Å². The van der Waals surface area contributed by atoms with Crippen molar-refractivity contribution < 1.29 is 0 Å². The number of hydrogen-bond acceptors (Lipinski definition) is 2. The molecule has 1 atom stereocenters. The van der Waals surface area contributed by atoms with Gasteiger partial charge in [-0.25, -0.2) is 0 Å². The SMILES string of the molecule is CCNC(CC(CC)CC)C1(N(C)C)CCCCCC1. The summed E-state index contributed by atoms with van der Waals surface area (Å²) < 4.78 is 0. The molecule has 20 heavy (non-hydrogen) atoms. The molecule has 0 amide bonds. The lowest BCUT2D eigenvalue weighted by Gasteiger charge is -2.47. The van der Waals surface area contributed by atoms with Gasteiger partial charge in [0.15, 0.2) is 0 Å². The molecular formula is C18H38N2. The van der Waals surface area contributed by atoms with E-state index >= 15 is 0 Å². The van der Waals surface area contributed by atoms with Crippen molar-refractivity contribution in [2.45, 2.75) is 90.1 Å². The number of rotatable bonds is 8. The maximum Gasteiger partial charge on any atom is 0.0356 e. The van der Waals surface area contributed by atoms with E-state index in [9.17, 15) is 0 Å². The highest BCUT2D eigenvalue weighted by Crippen LogP contribution is 2.37. The van der Waals surface area contributed by atoms with Gasteiger partial charge in [-0.2, -0.15) is 0 Å². The fraction of sp³-hybridized carbons (Fsp3) is 1.00. The predicted molar refractivity (Wildman–Crippen MR) is 90.3 cm³/mol. The molecule has 0 radical (unpaired) electrons. The first-order valence-electron chi connectivity index (χ1n) is 9.01. The van der Waals surface area contributed by atoms with Crippen molar-refractivity contribution in [2.24, 2.45) is 5.92 Å². The molecule has 1 aliphatic rings. The Bertz CT molecular complexity index is 238. The second kappa shape index (κ2) is 9.04. The van der Waals surface area contributed by atoms with Crippen molar-refractivity contribution in [3.63, 3.8) is 0 Å². The summed E-state index contributed by atoms with van der Waals surface area (Å²) in [6.07, 6.45) is 12.4. The monoisotopic (exact) mass is 282 g/mol. The van der Waals surface area contributed by atoms with Crippen LogP contribution in [-0.2, 0) is 0 Å². The largest absolute Gasteiger partial charge is 0.312 e. The summed E-state index contributed by atoms with van der Waals surface area (Å²) in [6, 6.07) is 0.658. The van der Waals surface area contributed by atoms with Crippen LogP contribution in [0.2, 0.25) is 0 Å². The number of nitrogens with zero attached hydrogens (tertiary/aromatic N) is 1. The van der Waals surface area contributed by atoms with Gasteiger partial charge < -0.3 is 10.2 Å². The first-order chi connectivity index (χ1) is 9.60. The molecule has 1 unspecified atom stereocenters.